The third-order valence-electron chi connectivity index (χ3n) is 3.95. The Morgan fingerprint density at radius 2 is 1.91 bits per heavy atom. The minimum atomic E-state index is -3.54. The molecule has 0 amide bonds. The second-order valence-corrected chi connectivity index (χ2v) is 8.04. The molecule has 1 aromatic carbocycles. The van der Waals surface area contributed by atoms with Gasteiger partial charge < -0.3 is 5.32 Å². The third kappa shape index (κ3) is 2.74. The van der Waals surface area contributed by atoms with Gasteiger partial charge in [-0.15, -0.1) is 0 Å². The molecule has 2 atom stereocenters. The first-order valence-corrected chi connectivity index (χ1v) is 8.93. The van der Waals surface area contributed by atoms with Gasteiger partial charge in [-0.05, 0) is 38.5 Å². The number of aryl methyl sites for hydroxylation is 1. The number of nitrogens with zero attached hydrogens (tertiary/aromatic N) is 2. The molecule has 1 N–H and O–H groups in total. The highest BCUT2D eigenvalue weighted by Gasteiger charge is 2.32. The van der Waals surface area contributed by atoms with Gasteiger partial charge in [0.05, 0.1) is 5.52 Å². The van der Waals surface area contributed by atoms with Crippen molar-refractivity contribution >= 4 is 20.9 Å². The van der Waals surface area contributed by atoms with Crippen molar-refractivity contribution in [2.24, 2.45) is 0 Å². The van der Waals surface area contributed by atoms with E-state index in [1.54, 1.807) is 22.6 Å². The average Bonchev–Trinajstić information content (AvgIpc) is 2.45. The van der Waals surface area contributed by atoms with E-state index < -0.39 is 10.0 Å². The molecule has 1 aromatic heterocycles. The summed E-state index contributed by atoms with van der Waals surface area (Å²) >= 11 is 0. The van der Waals surface area contributed by atoms with Crippen molar-refractivity contribution in [1.29, 1.82) is 0 Å². The summed E-state index contributed by atoms with van der Waals surface area (Å²) in [6, 6.07) is 7.58. The highest BCUT2D eigenvalue weighted by Crippen LogP contribution is 2.26. The number of hydrogen-bond donors (Lipinski definition) is 1. The number of benzene rings is 1. The lowest BCUT2D eigenvalue weighted by Crippen LogP contribution is -2.55. The van der Waals surface area contributed by atoms with Crippen LogP contribution >= 0.6 is 0 Å². The Bertz CT molecular complexity index is 794. The number of pyridine rings is 1. The quantitative estimate of drug-likeness (QED) is 0.918. The lowest BCUT2D eigenvalue weighted by atomic mass is 10.2. The molecule has 1 aliphatic heterocycles. The van der Waals surface area contributed by atoms with Gasteiger partial charge in [0.2, 0.25) is 10.0 Å². The maximum absolute atomic E-state index is 13.0. The van der Waals surface area contributed by atoms with Crippen LogP contribution in [0.25, 0.3) is 10.9 Å². The number of aromatic nitrogens is 1. The standard InChI is InChI=1S/C16H21N3O2S/c1-11-7-14-5-4-6-15(16(14)17-8-11)22(20,21)19-9-12(2)18-13(3)10-19/h4-8,12-13,18H,9-10H2,1-3H3. The zero-order chi connectivity index (χ0) is 15.9. The number of piperazine rings is 1. The predicted octanol–water partition coefficient (Wildman–Crippen LogP) is 1.91. The first kappa shape index (κ1) is 15.4. The van der Waals surface area contributed by atoms with Gasteiger partial charge in [-0.1, -0.05) is 12.1 Å². The predicted molar refractivity (Wildman–Crippen MR) is 87.3 cm³/mol. The van der Waals surface area contributed by atoms with Crippen LogP contribution in [0, 0.1) is 6.92 Å². The van der Waals surface area contributed by atoms with Crippen molar-refractivity contribution in [3.05, 3.63) is 36.0 Å². The van der Waals surface area contributed by atoms with Crippen LogP contribution in [0.1, 0.15) is 19.4 Å². The second-order valence-electron chi connectivity index (χ2n) is 6.13. The fourth-order valence-electron chi connectivity index (χ4n) is 3.06. The molecule has 22 heavy (non-hydrogen) atoms. The number of nitrogens with one attached hydrogen (secondary N) is 1. The van der Waals surface area contributed by atoms with E-state index >= 15 is 0 Å². The minimum Gasteiger partial charge on any atom is -0.309 e. The van der Waals surface area contributed by atoms with E-state index in [1.807, 2.05) is 32.9 Å². The molecule has 1 aliphatic rings. The molecule has 2 heterocycles. The Balaban J connectivity index is 2.09. The van der Waals surface area contributed by atoms with Crippen LogP contribution in [0.2, 0.25) is 0 Å². The molecule has 1 fully saturated rings. The lowest BCUT2D eigenvalue weighted by Gasteiger charge is -2.35. The SMILES string of the molecule is Cc1cnc2c(S(=O)(=O)N3CC(C)NC(C)C3)cccc2c1. The molecule has 0 aliphatic carbocycles. The van der Waals surface area contributed by atoms with E-state index in [0.29, 0.717) is 23.5 Å². The zero-order valence-electron chi connectivity index (χ0n) is 13.1. The van der Waals surface area contributed by atoms with Crippen molar-refractivity contribution in [2.75, 3.05) is 13.1 Å². The highest BCUT2D eigenvalue weighted by molar-refractivity contribution is 7.89. The molecular formula is C16H21N3O2S. The van der Waals surface area contributed by atoms with E-state index in [0.717, 1.165) is 10.9 Å². The van der Waals surface area contributed by atoms with Gasteiger partial charge in [0, 0.05) is 36.8 Å². The molecule has 2 unspecified atom stereocenters. The van der Waals surface area contributed by atoms with Crippen molar-refractivity contribution in [1.82, 2.24) is 14.6 Å². The first-order chi connectivity index (χ1) is 10.4. The number of fused-ring (bicyclic) bond motifs is 1. The number of hydrogen-bond acceptors (Lipinski definition) is 4. The fraction of sp³-hybridized carbons (Fsp3) is 0.438. The van der Waals surface area contributed by atoms with Crippen molar-refractivity contribution in [2.45, 2.75) is 37.8 Å². The molecular weight excluding hydrogens is 298 g/mol. The molecule has 0 radical (unpaired) electrons. The lowest BCUT2D eigenvalue weighted by molar-refractivity contribution is 0.263. The Morgan fingerprint density at radius 3 is 2.59 bits per heavy atom. The van der Waals surface area contributed by atoms with Gasteiger partial charge in [0.1, 0.15) is 4.90 Å². The third-order valence-corrected chi connectivity index (χ3v) is 5.82. The smallest absolute Gasteiger partial charge is 0.245 e. The molecule has 118 valence electrons. The summed E-state index contributed by atoms with van der Waals surface area (Å²) < 4.78 is 27.6. The van der Waals surface area contributed by atoms with Crippen molar-refractivity contribution in [3.8, 4) is 0 Å². The maximum Gasteiger partial charge on any atom is 0.245 e. The highest BCUT2D eigenvalue weighted by atomic mass is 32.2. The molecule has 0 bridgehead atoms. The topological polar surface area (TPSA) is 62.3 Å². The number of rotatable bonds is 2. The Hall–Kier alpha value is -1.50. The summed E-state index contributed by atoms with van der Waals surface area (Å²) in [5.74, 6) is 0. The Kier molecular flexibility index (Phi) is 3.92. The molecule has 0 saturated carbocycles. The summed E-state index contributed by atoms with van der Waals surface area (Å²) in [4.78, 5) is 4.66. The van der Waals surface area contributed by atoms with Crippen LogP contribution in [0.4, 0.5) is 0 Å². The van der Waals surface area contributed by atoms with Crippen LogP contribution in [0.3, 0.4) is 0 Å². The largest absolute Gasteiger partial charge is 0.309 e. The Morgan fingerprint density at radius 1 is 1.23 bits per heavy atom. The molecule has 2 aromatic rings. The monoisotopic (exact) mass is 319 g/mol. The van der Waals surface area contributed by atoms with E-state index in [4.69, 9.17) is 0 Å². The van der Waals surface area contributed by atoms with Crippen molar-refractivity contribution in [3.63, 3.8) is 0 Å². The Labute approximate surface area is 131 Å². The second kappa shape index (κ2) is 5.61. The summed E-state index contributed by atoms with van der Waals surface area (Å²) in [5.41, 5.74) is 1.57. The zero-order valence-corrected chi connectivity index (χ0v) is 13.9. The van der Waals surface area contributed by atoms with Gasteiger partial charge in [-0.3, -0.25) is 4.98 Å². The van der Waals surface area contributed by atoms with Gasteiger partial charge in [0.15, 0.2) is 0 Å². The van der Waals surface area contributed by atoms with Crippen LogP contribution in [0.15, 0.2) is 35.4 Å². The molecule has 3 rings (SSSR count). The minimum absolute atomic E-state index is 0.142. The summed E-state index contributed by atoms with van der Waals surface area (Å²) in [6.07, 6.45) is 1.71. The molecule has 1 saturated heterocycles. The van der Waals surface area contributed by atoms with Crippen LogP contribution in [0.5, 0.6) is 0 Å². The van der Waals surface area contributed by atoms with Gasteiger partial charge in [-0.2, -0.15) is 4.31 Å². The van der Waals surface area contributed by atoms with Crippen LogP contribution in [-0.2, 0) is 10.0 Å². The van der Waals surface area contributed by atoms with Gasteiger partial charge in [0.25, 0.3) is 0 Å². The van der Waals surface area contributed by atoms with E-state index in [9.17, 15) is 8.42 Å². The summed E-state index contributed by atoms with van der Waals surface area (Å²) in [5, 5.41) is 4.21. The van der Waals surface area contributed by atoms with Gasteiger partial charge in [-0.25, -0.2) is 8.42 Å². The average molecular weight is 319 g/mol. The summed E-state index contributed by atoms with van der Waals surface area (Å²) in [7, 11) is -3.54. The molecule has 0 spiro atoms. The van der Waals surface area contributed by atoms with E-state index in [-0.39, 0.29) is 12.1 Å². The van der Waals surface area contributed by atoms with Crippen molar-refractivity contribution < 1.29 is 8.42 Å². The van der Waals surface area contributed by atoms with E-state index in [1.165, 1.54) is 0 Å². The van der Waals surface area contributed by atoms with Crippen LogP contribution < -0.4 is 5.32 Å². The van der Waals surface area contributed by atoms with Crippen LogP contribution in [-0.4, -0.2) is 42.9 Å². The summed E-state index contributed by atoms with van der Waals surface area (Å²) in [6.45, 7) is 6.92. The maximum atomic E-state index is 13.0. The number of sulfonamides is 1. The van der Waals surface area contributed by atoms with E-state index in [2.05, 4.69) is 10.3 Å². The fourth-order valence-corrected chi connectivity index (χ4v) is 4.85. The number of para-hydroxylation sites is 1. The first-order valence-electron chi connectivity index (χ1n) is 7.49. The normalized spacial score (nSPS) is 23.8. The molecule has 6 heteroatoms. The molecule has 5 nitrogen and oxygen atoms in total. The van der Waals surface area contributed by atoms with Gasteiger partial charge >= 0.3 is 0 Å².